The number of allylic oxidation sites excluding steroid dienone is 16. The standard InChI is InChI=1S/2C8H8.CH3.Nb/c2*1-2-4-6-8-7-5-3-1;;/h2*1-8H;1H3;/b2*2-1-,3-1?,4-2?,5-3-,6-4-,7-5?,8-6?,8-7-;;. The van der Waals surface area contributed by atoms with E-state index in [4.69, 9.17) is 0 Å². The molecule has 0 N–H and O–H groups in total. The third-order valence-corrected chi connectivity index (χ3v) is 1.78. The van der Waals surface area contributed by atoms with E-state index in [1.807, 2.05) is 97.2 Å². The molecule has 2 aliphatic carbocycles. The van der Waals surface area contributed by atoms with Gasteiger partial charge in [-0.25, -0.2) is 0 Å². The quantitative estimate of drug-likeness (QED) is 0.550. The molecule has 0 fully saturated rings. The molecular formula is C17H19Nb. The van der Waals surface area contributed by atoms with Gasteiger partial charge in [0.2, 0.25) is 0 Å². The van der Waals surface area contributed by atoms with Crippen molar-refractivity contribution in [3.63, 3.8) is 0 Å². The second-order valence-corrected chi connectivity index (χ2v) is 3.08. The van der Waals surface area contributed by atoms with Crippen LogP contribution < -0.4 is 0 Å². The Hall–Kier alpha value is -1.34. The van der Waals surface area contributed by atoms with Gasteiger partial charge in [-0.15, -0.1) is 0 Å². The van der Waals surface area contributed by atoms with E-state index in [-0.39, 0.29) is 0 Å². The topological polar surface area (TPSA) is 0 Å². The van der Waals surface area contributed by atoms with Crippen molar-refractivity contribution in [1.82, 2.24) is 0 Å². The van der Waals surface area contributed by atoms with Crippen LogP contribution in [-0.4, -0.2) is 0 Å². The Kier molecular flexibility index (Phi) is 14.5. The first-order valence-electron chi connectivity index (χ1n) is 5.78. The molecule has 0 aromatic heterocycles. The van der Waals surface area contributed by atoms with Gasteiger partial charge in [-0.05, 0) is 0 Å². The Morgan fingerprint density at radius 2 is 0.333 bits per heavy atom. The molecule has 0 aromatic carbocycles. The molecule has 0 unspecified atom stereocenters. The fourth-order valence-corrected chi connectivity index (χ4v) is 1.03. The second-order valence-electron chi connectivity index (χ2n) is 3.08. The zero-order valence-corrected chi connectivity index (χ0v) is 12.9. The summed E-state index contributed by atoms with van der Waals surface area (Å²) in [6.45, 7) is 0. The van der Waals surface area contributed by atoms with E-state index in [1.165, 1.54) is 0 Å². The maximum atomic E-state index is 2.05. The average Bonchev–Trinajstić information content (AvgIpc) is 2.30. The van der Waals surface area contributed by atoms with Crippen molar-refractivity contribution in [1.29, 1.82) is 0 Å². The van der Waals surface area contributed by atoms with E-state index in [2.05, 4.69) is 5.14 Å². The zero-order chi connectivity index (χ0) is 13.3. The van der Waals surface area contributed by atoms with Crippen LogP contribution in [0.15, 0.2) is 97.2 Å². The first-order valence-corrected chi connectivity index (χ1v) is 7.98. The summed E-state index contributed by atoms with van der Waals surface area (Å²) in [6, 6.07) is 0. The van der Waals surface area contributed by atoms with Crippen LogP contribution in [0.2, 0.25) is 5.14 Å². The third-order valence-electron chi connectivity index (χ3n) is 1.78. The molecule has 0 saturated carbocycles. The fraction of sp³-hybridized carbons (Fsp3) is 0.0588. The van der Waals surface area contributed by atoms with Gasteiger partial charge in [-0.2, -0.15) is 0 Å². The molecule has 1 heteroatoms. The van der Waals surface area contributed by atoms with E-state index in [0.717, 1.165) is 0 Å². The Balaban J connectivity index is 0.000000283. The Morgan fingerprint density at radius 1 is 0.278 bits per heavy atom. The summed E-state index contributed by atoms with van der Waals surface area (Å²) in [7, 11) is 0. The maximum absolute atomic E-state index is 2.05. The van der Waals surface area contributed by atoms with Crippen molar-refractivity contribution >= 4 is 0 Å². The molecular weight excluding hydrogens is 297 g/mol. The first kappa shape index (κ1) is 16.7. The summed E-state index contributed by atoms with van der Waals surface area (Å²) < 4.78 is 0. The molecule has 0 radical (unpaired) electrons. The van der Waals surface area contributed by atoms with Crippen molar-refractivity contribution in [3.8, 4) is 0 Å². The van der Waals surface area contributed by atoms with Crippen LogP contribution in [0.4, 0.5) is 0 Å². The van der Waals surface area contributed by atoms with E-state index >= 15 is 0 Å². The van der Waals surface area contributed by atoms with Crippen molar-refractivity contribution in [2.24, 2.45) is 0 Å². The van der Waals surface area contributed by atoms with Crippen molar-refractivity contribution in [3.05, 3.63) is 97.2 Å². The molecule has 0 bridgehead atoms. The summed E-state index contributed by atoms with van der Waals surface area (Å²) in [6.07, 6.45) is 32.0. The van der Waals surface area contributed by atoms with Gasteiger partial charge < -0.3 is 0 Å². The van der Waals surface area contributed by atoms with Crippen LogP contribution in [0, 0.1) is 0 Å². The summed E-state index contributed by atoms with van der Waals surface area (Å²) >= 11 is 1.75. The average molecular weight is 316 g/mol. The van der Waals surface area contributed by atoms with Gasteiger partial charge in [0.1, 0.15) is 0 Å². The summed E-state index contributed by atoms with van der Waals surface area (Å²) in [5, 5.41) is 2.05. The molecule has 0 amide bonds. The van der Waals surface area contributed by atoms with Crippen LogP contribution in [0.5, 0.6) is 0 Å². The SMILES string of the molecule is C1=C\C=C/C=C\C=C/1.C1=C\C=C/C=C\C=C/1.[CH3][Nb]. The fourth-order valence-electron chi connectivity index (χ4n) is 1.03. The van der Waals surface area contributed by atoms with Gasteiger partial charge in [0, 0.05) is 0 Å². The van der Waals surface area contributed by atoms with Crippen LogP contribution in [-0.2, 0) is 21.1 Å². The Morgan fingerprint density at radius 3 is 0.389 bits per heavy atom. The molecule has 18 heavy (non-hydrogen) atoms. The normalized spacial score (nSPS) is 28.7. The van der Waals surface area contributed by atoms with Gasteiger partial charge in [0.15, 0.2) is 0 Å². The van der Waals surface area contributed by atoms with Gasteiger partial charge in [-0.3, -0.25) is 0 Å². The summed E-state index contributed by atoms with van der Waals surface area (Å²) in [5.41, 5.74) is 0. The summed E-state index contributed by atoms with van der Waals surface area (Å²) in [5.74, 6) is 0. The molecule has 0 spiro atoms. The van der Waals surface area contributed by atoms with Crippen LogP contribution >= 0.6 is 0 Å². The van der Waals surface area contributed by atoms with E-state index in [0.29, 0.717) is 0 Å². The third kappa shape index (κ3) is 12.7. The molecule has 0 nitrogen and oxygen atoms in total. The van der Waals surface area contributed by atoms with Gasteiger partial charge in [0.25, 0.3) is 0 Å². The molecule has 92 valence electrons. The molecule has 0 atom stereocenters. The van der Waals surface area contributed by atoms with Crippen molar-refractivity contribution in [2.75, 3.05) is 0 Å². The molecule has 0 heterocycles. The van der Waals surface area contributed by atoms with Crippen LogP contribution in [0.25, 0.3) is 0 Å². The van der Waals surface area contributed by atoms with Crippen LogP contribution in [0.1, 0.15) is 0 Å². The predicted molar refractivity (Wildman–Crippen MR) is 79.0 cm³/mol. The predicted octanol–water partition coefficient (Wildman–Crippen LogP) is 5.03. The molecule has 2 aliphatic rings. The Labute approximate surface area is 123 Å². The minimum atomic E-state index is 1.75. The molecule has 0 aromatic rings. The van der Waals surface area contributed by atoms with Crippen molar-refractivity contribution < 1.29 is 21.1 Å². The number of rotatable bonds is 0. The first-order chi connectivity index (χ1) is 9.00. The van der Waals surface area contributed by atoms with E-state index in [1.54, 1.807) is 21.1 Å². The zero-order valence-electron chi connectivity index (χ0n) is 10.7. The Bertz CT molecular complexity index is 247. The monoisotopic (exact) mass is 316 g/mol. The van der Waals surface area contributed by atoms with Gasteiger partial charge in [-0.1, -0.05) is 97.2 Å². The molecule has 0 saturated heterocycles. The van der Waals surface area contributed by atoms with Crippen molar-refractivity contribution in [2.45, 2.75) is 5.14 Å². The van der Waals surface area contributed by atoms with Gasteiger partial charge in [0.05, 0.1) is 0 Å². The molecule has 2 rings (SSSR count). The number of hydrogen-bond acceptors (Lipinski definition) is 0. The van der Waals surface area contributed by atoms with E-state index < -0.39 is 0 Å². The minimum absolute atomic E-state index is 1.75. The van der Waals surface area contributed by atoms with Crippen LogP contribution in [0.3, 0.4) is 0 Å². The van der Waals surface area contributed by atoms with Gasteiger partial charge >= 0.3 is 26.2 Å². The number of hydrogen-bond donors (Lipinski definition) is 0. The second kappa shape index (κ2) is 15.7. The molecule has 0 aliphatic heterocycles. The van der Waals surface area contributed by atoms with E-state index in [9.17, 15) is 0 Å². The summed E-state index contributed by atoms with van der Waals surface area (Å²) in [4.78, 5) is 0.